The fraction of sp³-hybridized carbons (Fsp3) is 0.429. The molecule has 2 aromatic heterocycles. The van der Waals surface area contributed by atoms with Gasteiger partial charge in [-0.15, -0.1) is 0 Å². The van der Waals surface area contributed by atoms with Crippen molar-refractivity contribution in [1.29, 1.82) is 0 Å². The molecule has 1 atom stereocenters. The molecule has 4 nitrogen and oxygen atoms in total. The summed E-state index contributed by atoms with van der Waals surface area (Å²) in [5.74, 6) is 0.643. The normalized spacial score (nSPS) is 12.6. The maximum atomic E-state index is 10.00. The van der Waals surface area contributed by atoms with Gasteiger partial charge in [0.1, 0.15) is 11.9 Å². The number of aliphatic hydroxyl groups excluding tert-OH is 1. The van der Waals surface area contributed by atoms with Crippen LogP contribution in [0.1, 0.15) is 44.5 Å². The fourth-order valence-corrected chi connectivity index (χ4v) is 1.90. The van der Waals surface area contributed by atoms with Gasteiger partial charge >= 0.3 is 0 Å². The molecule has 0 radical (unpaired) electrons. The molecule has 96 valence electrons. The zero-order chi connectivity index (χ0) is 12.8. The first-order valence-electron chi connectivity index (χ1n) is 6.44. The molecule has 4 heteroatoms. The van der Waals surface area contributed by atoms with E-state index in [-0.39, 0.29) is 0 Å². The quantitative estimate of drug-likeness (QED) is 0.769. The van der Waals surface area contributed by atoms with Crippen LogP contribution in [0.5, 0.6) is 0 Å². The van der Waals surface area contributed by atoms with Gasteiger partial charge in [0.15, 0.2) is 0 Å². The largest absolute Gasteiger partial charge is 0.385 e. The van der Waals surface area contributed by atoms with E-state index < -0.39 is 6.10 Å². The van der Waals surface area contributed by atoms with Crippen molar-refractivity contribution in [3.8, 4) is 11.3 Å². The first kappa shape index (κ1) is 12.8. The molecule has 2 N–H and O–H groups in total. The van der Waals surface area contributed by atoms with E-state index in [1.165, 1.54) is 0 Å². The zero-order valence-electron chi connectivity index (χ0n) is 10.6. The van der Waals surface area contributed by atoms with E-state index in [4.69, 9.17) is 0 Å². The molecule has 0 bridgehead atoms. The first-order valence-corrected chi connectivity index (χ1v) is 6.44. The summed E-state index contributed by atoms with van der Waals surface area (Å²) in [6, 6.07) is 3.85. The number of pyridine rings is 1. The van der Waals surface area contributed by atoms with Crippen LogP contribution < -0.4 is 0 Å². The molecule has 2 rings (SSSR count). The molecular formula is C14H19N3O. The molecule has 2 heterocycles. The summed E-state index contributed by atoms with van der Waals surface area (Å²) < 4.78 is 0. The third-order valence-electron chi connectivity index (χ3n) is 2.96. The van der Waals surface area contributed by atoms with Gasteiger partial charge in [-0.1, -0.05) is 26.2 Å². The lowest BCUT2D eigenvalue weighted by Crippen LogP contribution is -1.99. The summed E-state index contributed by atoms with van der Waals surface area (Å²) >= 11 is 0. The summed E-state index contributed by atoms with van der Waals surface area (Å²) in [4.78, 5) is 11.5. The van der Waals surface area contributed by atoms with Crippen molar-refractivity contribution in [1.82, 2.24) is 15.0 Å². The van der Waals surface area contributed by atoms with E-state index >= 15 is 0 Å². The van der Waals surface area contributed by atoms with Crippen LogP contribution in [0.3, 0.4) is 0 Å². The Morgan fingerprint density at radius 3 is 2.94 bits per heavy atom. The maximum Gasteiger partial charge on any atom is 0.135 e. The van der Waals surface area contributed by atoms with Gasteiger partial charge in [0, 0.05) is 18.0 Å². The van der Waals surface area contributed by atoms with E-state index in [0.29, 0.717) is 5.82 Å². The summed E-state index contributed by atoms with van der Waals surface area (Å²) in [5.41, 5.74) is 1.88. The molecule has 0 saturated carbocycles. The molecule has 18 heavy (non-hydrogen) atoms. The van der Waals surface area contributed by atoms with Crippen LogP contribution in [0.25, 0.3) is 11.3 Å². The second-order valence-electron chi connectivity index (χ2n) is 4.44. The number of aromatic amines is 1. The smallest absolute Gasteiger partial charge is 0.135 e. The van der Waals surface area contributed by atoms with Crippen molar-refractivity contribution in [3.05, 3.63) is 36.5 Å². The zero-order valence-corrected chi connectivity index (χ0v) is 10.6. The lowest BCUT2D eigenvalue weighted by atomic mass is 10.1. The predicted molar refractivity (Wildman–Crippen MR) is 70.9 cm³/mol. The summed E-state index contributed by atoms with van der Waals surface area (Å²) in [6.07, 6.45) is 8.85. The Balaban J connectivity index is 2.02. The average Bonchev–Trinajstić information content (AvgIpc) is 2.89. The Bertz CT molecular complexity index is 467. The van der Waals surface area contributed by atoms with Gasteiger partial charge in [-0.3, -0.25) is 4.98 Å². The minimum atomic E-state index is -0.498. The van der Waals surface area contributed by atoms with Gasteiger partial charge < -0.3 is 10.1 Å². The molecule has 1 unspecified atom stereocenters. The highest BCUT2D eigenvalue weighted by molar-refractivity contribution is 5.56. The van der Waals surface area contributed by atoms with Crippen LogP contribution in [-0.2, 0) is 0 Å². The lowest BCUT2D eigenvalue weighted by molar-refractivity contribution is 0.155. The van der Waals surface area contributed by atoms with Crippen molar-refractivity contribution in [3.63, 3.8) is 0 Å². The number of hydrogen-bond donors (Lipinski definition) is 2. The molecule has 0 amide bonds. The van der Waals surface area contributed by atoms with E-state index in [2.05, 4.69) is 21.9 Å². The van der Waals surface area contributed by atoms with E-state index in [9.17, 15) is 5.11 Å². The monoisotopic (exact) mass is 245 g/mol. The number of hydrogen-bond acceptors (Lipinski definition) is 3. The number of aliphatic hydroxyl groups is 1. The Labute approximate surface area is 107 Å². The van der Waals surface area contributed by atoms with Crippen LogP contribution in [0.4, 0.5) is 0 Å². The topological polar surface area (TPSA) is 61.8 Å². The summed E-state index contributed by atoms with van der Waals surface area (Å²) in [7, 11) is 0. The Morgan fingerprint density at radius 2 is 2.22 bits per heavy atom. The maximum absolute atomic E-state index is 10.00. The summed E-state index contributed by atoms with van der Waals surface area (Å²) in [6.45, 7) is 2.15. The standard InChI is InChI=1S/C14H19N3O/c1-2-3-4-7-13(18)14-16-10-12(17-14)11-6-5-8-15-9-11/h5-6,8-10,13,18H,2-4,7H2,1H3,(H,16,17). The first-order chi connectivity index (χ1) is 8.81. The molecule has 0 aromatic carbocycles. The number of rotatable bonds is 6. The average molecular weight is 245 g/mol. The van der Waals surface area contributed by atoms with Crippen LogP contribution in [0.15, 0.2) is 30.7 Å². The number of nitrogens with zero attached hydrogens (tertiary/aromatic N) is 2. The van der Waals surface area contributed by atoms with Crippen LogP contribution in [0, 0.1) is 0 Å². The highest BCUT2D eigenvalue weighted by Gasteiger charge is 2.11. The highest BCUT2D eigenvalue weighted by Crippen LogP contribution is 2.21. The molecule has 0 spiro atoms. The minimum Gasteiger partial charge on any atom is -0.385 e. The Kier molecular flexibility index (Phi) is 4.47. The van der Waals surface area contributed by atoms with Gasteiger partial charge in [0.05, 0.1) is 11.9 Å². The Morgan fingerprint density at radius 1 is 1.33 bits per heavy atom. The van der Waals surface area contributed by atoms with Crippen molar-refractivity contribution in [2.75, 3.05) is 0 Å². The molecule has 0 saturated heterocycles. The summed E-state index contributed by atoms with van der Waals surface area (Å²) in [5, 5.41) is 10.00. The second-order valence-corrected chi connectivity index (χ2v) is 4.44. The van der Waals surface area contributed by atoms with Crippen molar-refractivity contribution < 1.29 is 5.11 Å². The third-order valence-corrected chi connectivity index (χ3v) is 2.96. The minimum absolute atomic E-state index is 0.498. The van der Waals surface area contributed by atoms with Gasteiger partial charge in [0.25, 0.3) is 0 Å². The molecule has 0 aliphatic rings. The van der Waals surface area contributed by atoms with Gasteiger partial charge in [-0.25, -0.2) is 4.98 Å². The van der Waals surface area contributed by atoms with Gasteiger partial charge in [0.2, 0.25) is 0 Å². The number of nitrogens with one attached hydrogen (secondary N) is 1. The number of unbranched alkanes of at least 4 members (excludes halogenated alkanes) is 2. The van der Waals surface area contributed by atoms with Crippen LogP contribution in [0.2, 0.25) is 0 Å². The predicted octanol–water partition coefficient (Wildman–Crippen LogP) is 3.09. The van der Waals surface area contributed by atoms with Crippen molar-refractivity contribution in [2.45, 2.75) is 38.7 Å². The van der Waals surface area contributed by atoms with Crippen LogP contribution in [-0.4, -0.2) is 20.1 Å². The van der Waals surface area contributed by atoms with E-state index in [1.54, 1.807) is 18.6 Å². The van der Waals surface area contributed by atoms with E-state index in [0.717, 1.165) is 36.9 Å². The molecular weight excluding hydrogens is 226 g/mol. The highest BCUT2D eigenvalue weighted by atomic mass is 16.3. The number of H-pyrrole nitrogens is 1. The molecule has 0 fully saturated rings. The number of aromatic nitrogens is 3. The molecule has 2 aromatic rings. The van der Waals surface area contributed by atoms with Crippen molar-refractivity contribution in [2.24, 2.45) is 0 Å². The SMILES string of the molecule is CCCCCC(O)c1ncc(-c2cccnc2)[nH]1. The third kappa shape index (κ3) is 3.17. The van der Waals surface area contributed by atoms with Gasteiger partial charge in [-0.2, -0.15) is 0 Å². The van der Waals surface area contributed by atoms with Gasteiger partial charge in [-0.05, 0) is 18.6 Å². The lowest BCUT2D eigenvalue weighted by Gasteiger charge is -2.06. The van der Waals surface area contributed by atoms with E-state index in [1.807, 2.05) is 12.1 Å². The van der Waals surface area contributed by atoms with Crippen LogP contribution >= 0.6 is 0 Å². The second kappa shape index (κ2) is 6.31. The Hall–Kier alpha value is -1.68. The molecule has 0 aliphatic heterocycles. The number of imidazole rings is 1. The molecule has 0 aliphatic carbocycles. The van der Waals surface area contributed by atoms with Crippen molar-refractivity contribution >= 4 is 0 Å². The fourth-order valence-electron chi connectivity index (χ4n) is 1.90.